The quantitative estimate of drug-likeness (QED) is 0.140. The minimum absolute atomic E-state index is 0.199. The Morgan fingerprint density at radius 1 is 0.528 bits per heavy atom. The van der Waals surface area contributed by atoms with E-state index in [2.05, 4.69) is 29.5 Å². The number of aromatic nitrogens is 1. The van der Waals surface area contributed by atoms with Crippen LogP contribution in [0, 0.1) is 0 Å². The van der Waals surface area contributed by atoms with Gasteiger partial charge in [-0.15, -0.1) is 0 Å². The summed E-state index contributed by atoms with van der Waals surface area (Å²) in [5, 5.41) is 5.90. The normalized spacial score (nSPS) is 10.9. The fraction of sp³-hybridized carbons (Fsp3) is 0.774. The molecule has 0 aliphatic carbocycles. The van der Waals surface area contributed by atoms with E-state index < -0.39 is 0 Å². The molecular weight excluding hydrogens is 446 g/mol. The molecule has 1 aromatic rings. The zero-order valence-electron chi connectivity index (χ0n) is 23.6. The van der Waals surface area contributed by atoms with Gasteiger partial charge >= 0.3 is 0 Å². The molecule has 0 saturated heterocycles. The van der Waals surface area contributed by atoms with Gasteiger partial charge < -0.3 is 10.6 Å². The van der Waals surface area contributed by atoms with E-state index in [9.17, 15) is 9.59 Å². The molecule has 2 amide bonds. The minimum atomic E-state index is -0.199. The molecule has 0 aliphatic heterocycles. The van der Waals surface area contributed by atoms with E-state index in [1.165, 1.54) is 103 Å². The molecule has 0 spiro atoms. The molecular formula is C31H55N3O2. The van der Waals surface area contributed by atoms with Gasteiger partial charge in [0.05, 0.1) is 0 Å². The molecule has 0 fully saturated rings. The molecule has 0 aromatic carbocycles. The second-order valence-electron chi connectivity index (χ2n) is 10.3. The summed E-state index contributed by atoms with van der Waals surface area (Å²) in [6, 6.07) is 5.08. The Morgan fingerprint density at radius 2 is 0.833 bits per heavy atom. The molecule has 1 aromatic heterocycles. The first-order valence-electron chi connectivity index (χ1n) is 15.2. The van der Waals surface area contributed by atoms with Gasteiger partial charge in [0.25, 0.3) is 11.8 Å². The lowest BCUT2D eigenvalue weighted by Gasteiger charge is -2.08. The molecule has 0 saturated carbocycles. The second kappa shape index (κ2) is 23.5. The molecule has 0 unspecified atom stereocenters. The van der Waals surface area contributed by atoms with Crippen molar-refractivity contribution in [2.75, 3.05) is 13.1 Å². The zero-order valence-corrected chi connectivity index (χ0v) is 23.6. The molecule has 0 atom stereocenters. The van der Waals surface area contributed by atoms with Gasteiger partial charge in [-0.3, -0.25) is 9.59 Å². The van der Waals surface area contributed by atoms with Crippen LogP contribution in [0.25, 0.3) is 0 Å². The van der Waals surface area contributed by atoms with Crippen LogP contribution in [0.15, 0.2) is 18.2 Å². The summed E-state index contributed by atoms with van der Waals surface area (Å²) in [7, 11) is 0. The SMILES string of the molecule is CCCCCCCCCCCCNC(=O)c1cccc(C(=O)NCCCCCCCCCCCC)n1. The van der Waals surface area contributed by atoms with Crippen molar-refractivity contribution >= 4 is 11.8 Å². The minimum Gasteiger partial charge on any atom is -0.351 e. The van der Waals surface area contributed by atoms with Crippen LogP contribution in [0.5, 0.6) is 0 Å². The zero-order chi connectivity index (χ0) is 26.1. The fourth-order valence-corrected chi connectivity index (χ4v) is 4.50. The first kappa shape index (κ1) is 32.1. The molecule has 5 heteroatoms. The monoisotopic (exact) mass is 501 g/mol. The topological polar surface area (TPSA) is 71.1 Å². The Labute approximate surface area is 222 Å². The van der Waals surface area contributed by atoms with E-state index in [1.807, 2.05) is 0 Å². The Balaban J connectivity index is 2.10. The lowest BCUT2D eigenvalue weighted by atomic mass is 10.1. The molecule has 0 bridgehead atoms. The summed E-state index contributed by atoms with van der Waals surface area (Å²) >= 11 is 0. The largest absolute Gasteiger partial charge is 0.351 e. The molecule has 206 valence electrons. The van der Waals surface area contributed by atoms with Crippen molar-refractivity contribution in [3.05, 3.63) is 29.6 Å². The number of rotatable bonds is 24. The first-order valence-corrected chi connectivity index (χ1v) is 15.2. The lowest BCUT2D eigenvalue weighted by molar-refractivity contribution is 0.0943. The van der Waals surface area contributed by atoms with Crippen molar-refractivity contribution in [3.8, 4) is 0 Å². The lowest BCUT2D eigenvalue weighted by Crippen LogP contribution is -2.28. The van der Waals surface area contributed by atoms with Crippen molar-refractivity contribution in [1.82, 2.24) is 15.6 Å². The Morgan fingerprint density at radius 3 is 1.17 bits per heavy atom. The summed E-state index contributed by atoms with van der Waals surface area (Å²) in [4.78, 5) is 29.2. The standard InChI is InChI=1S/C31H55N3O2/c1-3-5-7-9-11-13-15-17-19-21-26-32-30(35)28-24-23-25-29(34-28)31(36)33-27-22-20-18-16-14-12-10-8-6-4-2/h23-25H,3-22,26-27H2,1-2H3,(H,32,35)(H,33,36). The number of carbonyl (C=O) groups excluding carboxylic acids is 2. The van der Waals surface area contributed by atoms with Gasteiger partial charge in [0.1, 0.15) is 11.4 Å². The Bertz CT molecular complexity index is 624. The number of nitrogens with one attached hydrogen (secondary N) is 2. The van der Waals surface area contributed by atoms with Gasteiger partial charge in [0.2, 0.25) is 0 Å². The second-order valence-corrected chi connectivity index (χ2v) is 10.3. The van der Waals surface area contributed by atoms with Crippen LogP contribution in [0.3, 0.4) is 0 Å². The average molecular weight is 502 g/mol. The molecule has 36 heavy (non-hydrogen) atoms. The van der Waals surface area contributed by atoms with Gasteiger partial charge in [0, 0.05) is 13.1 Å². The number of hydrogen-bond donors (Lipinski definition) is 2. The highest BCUT2D eigenvalue weighted by molar-refractivity contribution is 5.96. The molecule has 5 nitrogen and oxygen atoms in total. The first-order chi connectivity index (χ1) is 17.7. The Kier molecular flexibility index (Phi) is 21.0. The highest BCUT2D eigenvalue weighted by Gasteiger charge is 2.11. The van der Waals surface area contributed by atoms with E-state index in [0.29, 0.717) is 24.5 Å². The third kappa shape index (κ3) is 17.5. The number of amides is 2. The summed E-state index contributed by atoms with van der Waals surface area (Å²) in [5.74, 6) is -0.398. The van der Waals surface area contributed by atoms with Gasteiger partial charge in [-0.2, -0.15) is 0 Å². The van der Waals surface area contributed by atoms with Crippen molar-refractivity contribution in [2.24, 2.45) is 0 Å². The summed E-state index contributed by atoms with van der Waals surface area (Å²) in [6.07, 6.45) is 25.5. The molecule has 2 N–H and O–H groups in total. The van der Waals surface area contributed by atoms with Crippen molar-refractivity contribution in [2.45, 2.75) is 142 Å². The van der Waals surface area contributed by atoms with E-state index in [1.54, 1.807) is 18.2 Å². The van der Waals surface area contributed by atoms with E-state index in [4.69, 9.17) is 0 Å². The predicted molar refractivity (Wildman–Crippen MR) is 153 cm³/mol. The van der Waals surface area contributed by atoms with Gasteiger partial charge in [-0.1, -0.05) is 135 Å². The molecule has 0 radical (unpaired) electrons. The molecule has 1 heterocycles. The van der Waals surface area contributed by atoms with E-state index in [0.717, 1.165) is 25.7 Å². The summed E-state index contributed by atoms with van der Waals surface area (Å²) < 4.78 is 0. The van der Waals surface area contributed by atoms with Crippen molar-refractivity contribution in [1.29, 1.82) is 0 Å². The number of nitrogens with zero attached hydrogens (tertiary/aromatic N) is 1. The number of pyridine rings is 1. The van der Waals surface area contributed by atoms with Crippen LogP contribution < -0.4 is 10.6 Å². The van der Waals surface area contributed by atoms with Gasteiger partial charge in [-0.25, -0.2) is 4.98 Å². The molecule has 1 rings (SSSR count). The van der Waals surface area contributed by atoms with Crippen LogP contribution in [0.2, 0.25) is 0 Å². The fourth-order valence-electron chi connectivity index (χ4n) is 4.50. The van der Waals surface area contributed by atoms with Crippen LogP contribution >= 0.6 is 0 Å². The average Bonchev–Trinajstić information content (AvgIpc) is 2.90. The number of unbranched alkanes of at least 4 members (excludes halogenated alkanes) is 18. The van der Waals surface area contributed by atoms with Gasteiger partial charge in [0.15, 0.2) is 0 Å². The summed E-state index contributed by atoms with van der Waals surface area (Å²) in [5.41, 5.74) is 0.627. The van der Waals surface area contributed by atoms with Crippen molar-refractivity contribution in [3.63, 3.8) is 0 Å². The maximum atomic E-state index is 12.4. The maximum absolute atomic E-state index is 12.4. The number of carbonyl (C=O) groups is 2. The number of hydrogen-bond acceptors (Lipinski definition) is 3. The molecule has 0 aliphatic rings. The van der Waals surface area contributed by atoms with Gasteiger partial charge in [-0.05, 0) is 25.0 Å². The van der Waals surface area contributed by atoms with Crippen LogP contribution in [0.1, 0.15) is 163 Å². The smallest absolute Gasteiger partial charge is 0.269 e. The highest BCUT2D eigenvalue weighted by Crippen LogP contribution is 2.11. The van der Waals surface area contributed by atoms with E-state index in [-0.39, 0.29) is 11.8 Å². The summed E-state index contributed by atoms with van der Waals surface area (Å²) in [6.45, 7) is 5.82. The third-order valence-corrected chi connectivity index (χ3v) is 6.85. The van der Waals surface area contributed by atoms with Crippen LogP contribution in [-0.2, 0) is 0 Å². The maximum Gasteiger partial charge on any atom is 0.269 e. The van der Waals surface area contributed by atoms with Crippen LogP contribution in [0.4, 0.5) is 0 Å². The van der Waals surface area contributed by atoms with Crippen LogP contribution in [-0.4, -0.2) is 29.9 Å². The van der Waals surface area contributed by atoms with Crippen molar-refractivity contribution < 1.29 is 9.59 Å². The predicted octanol–water partition coefficient (Wildman–Crippen LogP) is 8.38. The van der Waals surface area contributed by atoms with E-state index >= 15 is 0 Å². The third-order valence-electron chi connectivity index (χ3n) is 6.85. The highest BCUT2D eigenvalue weighted by atomic mass is 16.2. The Hall–Kier alpha value is -1.91.